The first kappa shape index (κ1) is 21.7. The normalized spacial score (nSPS) is 9.95. The van der Waals surface area contributed by atoms with E-state index in [1.54, 1.807) is 0 Å². The molecule has 0 unspecified atom stereocenters. The largest absolute Gasteiger partial charge is 0.330 e. The smallest absolute Gasteiger partial charge is 0.203 e. The Morgan fingerprint density at radius 1 is 0.750 bits per heavy atom. The number of nitrogens with zero attached hydrogens (tertiary/aromatic N) is 1. The van der Waals surface area contributed by atoms with Crippen LogP contribution in [-0.4, -0.2) is 18.0 Å². The van der Waals surface area contributed by atoms with Gasteiger partial charge in [0.1, 0.15) is 0 Å². The third kappa shape index (κ3) is 26.0. The van der Waals surface area contributed by atoms with Gasteiger partial charge in [0.2, 0.25) is 6.54 Å². The van der Waals surface area contributed by atoms with E-state index >= 15 is 0 Å². The number of nitrogens with two attached hydrogens (primary N) is 1. The van der Waals surface area contributed by atoms with E-state index in [0.29, 0.717) is 0 Å². The summed E-state index contributed by atoms with van der Waals surface area (Å²) >= 11 is 0. The lowest BCUT2D eigenvalue weighted by molar-refractivity contribution is -0.480. The molecule has 0 aliphatic rings. The van der Waals surface area contributed by atoms with Gasteiger partial charge in [0.25, 0.3) is 0 Å². The van der Waals surface area contributed by atoms with Crippen molar-refractivity contribution in [2.24, 2.45) is 5.73 Å². The second-order valence-corrected chi connectivity index (χ2v) is 5.38. The van der Waals surface area contributed by atoms with Crippen LogP contribution >= 0.6 is 0 Å². The van der Waals surface area contributed by atoms with Crippen molar-refractivity contribution in [1.82, 2.24) is 0 Å². The lowest BCUT2D eigenvalue weighted by atomic mass is 10.1. The van der Waals surface area contributed by atoms with Crippen LogP contribution in [-0.2, 0) is 0 Å². The molecule has 0 rings (SSSR count). The Labute approximate surface area is 125 Å². The van der Waals surface area contributed by atoms with Gasteiger partial charge < -0.3 is 5.73 Å². The molecule has 0 saturated carbocycles. The van der Waals surface area contributed by atoms with Gasteiger partial charge in [0.05, 0.1) is 0 Å². The molecule has 0 aliphatic carbocycles. The third-order valence-electron chi connectivity index (χ3n) is 3.25. The maximum absolute atomic E-state index is 9.77. The minimum atomic E-state index is -0.254. The summed E-state index contributed by atoms with van der Waals surface area (Å²) in [4.78, 5) is 9.51. The Balaban J connectivity index is 0. The minimum Gasteiger partial charge on any atom is -0.330 e. The van der Waals surface area contributed by atoms with Crippen LogP contribution in [0, 0.1) is 10.1 Å². The molecule has 0 aromatic rings. The molecule has 20 heavy (non-hydrogen) atoms. The highest BCUT2D eigenvalue weighted by Crippen LogP contribution is 2.07. The first-order valence-electron chi connectivity index (χ1n) is 8.50. The second kappa shape index (κ2) is 20.7. The summed E-state index contributed by atoms with van der Waals surface area (Å²) < 4.78 is 0. The fraction of sp³-hybridized carbons (Fsp3) is 1.00. The van der Waals surface area contributed by atoms with Gasteiger partial charge >= 0.3 is 0 Å². The predicted octanol–water partition coefficient (Wildman–Crippen LogP) is 4.93. The lowest BCUT2D eigenvalue weighted by Gasteiger charge is -1.99. The summed E-state index contributed by atoms with van der Waals surface area (Å²) in [5.41, 5.74) is 5.39. The molecule has 0 aromatic carbocycles. The molecule has 0 aromatic heterocycles. The number of nitro groups is 1. The average molecular weight is 288 g/mol. The van der Waals surface area contributed by atoms with Crippen LogP contribution in [0.25, 0.3) is 0 Å². The minimum absolute atomic E-state index is 0.139. The topological polar surface area (TPSA) is 69.2 Å². The van der Waals surface area contributed by atoms with Crippen LogP contribution < -0.4 is 5.73 Å². The van der Waals surface area contributed by atoms with Crippen molar-refractivity contribution in [2.45, 2.75) is 90.9 Å². The number of hydrogen-bond acceptors (Lipinski definition) is 3. The third-order valence-corrected chi connectivity index (χ3v) is 3.25. The van der Waals surface area contributed by atoms with E-state index in [-0.39, 0.29) is 11.5 Å². The number of rotatable bonds is 13. The fourth-order valence-electron chi connectivity index (χ4n) is 1.95. The van der Waals surface area contributed by atoms with Gasteiger partial charge in [0, 0.05) is 11.3 Å². The van der Waals surface area contributed by atoms with E-state index in [4.69, 9.17) is 5.73 Å². The van der Waals surface area contributed by atoms with Crippen molar-refractivity contribution in [2.75, 3.05) is 13.1 Å². The number of hydrogen-bond donors (Lipinski definition) is 1. The van der Waals surface area contributed by atoms with Gasteiger partial charge in [-0.2, -0.15) is 0 Å². The van der Waals surface area contributed by atoms with Crippen LogP contribution in [0.1, 0.15) is 90.9 Å². The van der Waals surface area contributed by atoms with Gasteiger partial charge in [0.15, 0.2) is 0 Å². The molecule has 0 spiro atoms. The molecule has 0 atom stereocenters. The Morgan fingerprint density at radius 2 is 1.15 bits per heavy atom. The van der Waals surface area contributed by atoms with E-state index in [2.05, 4.69) is 13.8 Å². The highest BCUT2D eigenvalue weighted by molar-refractivity contribution is 4.45. The molecule has 0 amide bonds. The molecule has 122 valence electrons. The maximum Gasteiger partial charge on any atom is 0.203 e. The highest BCUT2D eigenvalue weighted by Gasteiger charge is 1.94. The van der Waals surface area contributed by atoms with E-state index in [1.165, 1.54) is 51.4 Å². The zero-order valence-corrected chi connectivity index (χ0v) is 13.7. The van der Waals surface area contributed by atoms with Crippen molar-refractivity contribution >= 4 is 0 Å². The van der Waals surface area contributed by atoms with Gasteiger partial charge in [-0.25, -0.2) is 0 Å². The van der Waals surface area contributed by atoms with E-state index in [9.17, 15) is 10.1 Å². The molecule has 0 radical (unpaired) electrons. The van der Waals surface area contributed by atoms with E-state index in [0.717, 1.165) is 32.2 Å². The Kier molecular flexibility index (Phi) is 22.4. The first-order valence-corrected chi connectivity index (χ1v) is 8.50. The molecule has 0 aliphatic heterocycles. The summed E-state index contributed by atoms with van der Waals surface area (Å²) in [6, 6.07) is 0. The SMILES string of the molecule is CCCCCCCCCCN.CCCCCC[N+](=O)[O-]. The van der Waals surface area contributed by atoms with Crippen LogP contribution in [0.5, 0.6) is 0 Å². The van der Waals surface area contributed by atoms with Crippen molar-refractivity contribution in [3.63, 3.8) is 0 Å². The van der Waals surface area contributed by atoms with Crippen LogP contribution in [0.3, 0.4) is 0 Å². The zero-order chi connectivity index (χ0) is 15.5. The average Bonchev–Trinajstić information content (AvgIpc) is 2.43. The van der Waals surface area contributed by atoms with Crippen molar-refractivity contribution in [3.8, 4) is 0 Å². The monoisotopic (exact) mass is 288 g/mol. The molecule has 4 nitrogen and oxygen atoms in total. The molecular formula is C16H36N2O2. The van der Waals surface area contributed by atoms with E-state index < -0.39 is 0 Å². The first-order chi connectivity index (χ1) is 9.68. The van der Waals surface area contributed by atoms with Crippen molar-refractivity contribution in [1.29, 1.82) is 0 Å². The Hall–Kier alpha value is -0.640. The van der Waals surface area contributed by atoms with Gasteiger partial charge in [-0.3, -0.25) is 10.1 Å². The van der Waals surface area contributed by atoms with Gasteiger partial charge in [-0.1, -0.05) is 71.6 Å². The Bertz CT molecular complexity index is 179. The summed E-state index contributed by atoms with van der Waals surface area (Å²) in [5, 5.41) is 9.77. The summed E-state index contributed by atoms with van der Waals surface area (Å²) in [5.74, 6) is 0. The maximum atomic E-state index is 9.77. The van der Waals surface area contributed by atoms with Crippen molar-refractivity contribution in [3.05, 3.63) is 10.1 Å². The summed E-state index contributed by atoms with van der Waals surface area (Å²) in [6.45, 7) is 5.36. The molecule has 0 fully saturated rings. The van der Waals surface area contributed by atoms with Crippen LogP contribution in [0.15, 0.2) is 0 Å². The molecular weight excluding hydrogens is 252 g/mol. The second-order valence-electron chi connectivity index (χ2n) is 5.38. The molecule has 0 bridgehead atoms. The van der Waals surface area contributed by atoms with Crippen LogP contribution in [0.4, 0.5) is 0 Å². The highest BCUT2D eigenvalue weighted by atomic mass is 16.6. The zero-order valence-electron chi connectivity index (χ0n) is 13.7. The lowest BCUT2D eigenvalue weighted by Crippen LogP contribution is -1.99. The summed E-state index contributed by atoms with van der Waals surface area (Å²) in [7, 11) is 0. The molecule has 4 heteroatoms. The fourth-order valence-corrected chi connectivity index (χ4v) is 1.95. The Morgan fingerprint density at radius 3 is 1.55 bits per heavy atom. The quantitative estimate of drug-likeness (QED) is 0.297. The summed E-state index contributed by atoms with van der Waals surface area (Å²) in [6.07, 6.45) is 15.0. The van der Waals surface area contributed by atoms with Gasteiger partial charge in [-0.05, 0) is 19.4 Å². The standard InChI is InChI=1S/C10H23N.C6H13NO2/c1-2-3-4-5-6-7-8-9-10-11;1-2-3-4-5-6-7(8)9/h2-11H2,1H3;2-6H2,1H3. The van der Waals surface area contributed by atoms with Gasteiger partial charge in [-0.15, -0.1) is 0 Å². The van der Waals surface area contributed by atoms with Crippen molar-refractivity contribution < 1.29 is 4.92 Å². The predicted molar refractivity (Wildman–Crippen MR) is 87.7 cm³/mol. The molecule has 2 N–H and O–H groups in total. The number of unbranched alkanes of at least 4 members (excludes halogenated alkanes) is 10. The molecule has 0 saturated heterocycles. The molecule has 0 heterocycles. The van der Waals surface area contributed by atoms with E-state index in [1.807, 2.05) is 0 Å². The van der Waals surface area contributed by atoms with Crippen LogP contribution in [0.2, 0.25) is 0 Å².